The van der Waals surface area contributed by atoms with Crippen LogP contribution in [0.1, 0.15) is 54.6 Å². The van der Waals surface area contributed by atoms with Crippen LogP contribution in [0.5, 0.6) is 0 Å². The smallest absolute Gasteiger partial charge is 0.267 e. The van der Waals surface area contributed by atoms with Crippen LogP contribution < -0.4 is 10.5 Å². The van der Waals surface area contributed by atoms with Crippen LogP contribution in [0.25, 0.3) is 0 Å². The zero-order chi connectivity index (χ0) is 17.5. The van der Waals surface area contributed by atoms with Crippen LogP contribution in [0.2, 0.25) is 0 Å². The molecule has 0 amide bonds. The van der Waals surface area contributed by atoms with Gasteiger partial charge in [-0.05, 0) is 75.0 Å². The highest BCUT2D eigenvalue weighted by molar-refractivity contribution is 5.44. The third kappa shape index (κ3) is 2.81. The van der Waals surface area contributed by atoms with E-state index in [1.165, 1.54) is 24.1 Å². The van der Waals surface area contributed by atoms with Gasteiger partial charge in [0, 0.05) is 12.6 Å². The largest absolute Gasteiger partial charge is 0.350 e. The molecule has 2 aromatic rings. The molecule has 1 fully saturated rings. The fourth-order valence-electron chi connectivity index (χ4n) is 4.72. The molecule has 5 rings (SSSR count). The minimum atomic E-state index is 0.0361. The van der Waals surface area contributed by atoms with Crippen LogP contribution in [0.3, 0.4) is 0 Å². The summed E-state index contributed by atoms with van der Waals surface area (Å²) in [6, 6.07) is 4.31. The molecule has 1 unspecified atom stereocenters. The normalized spacial score (nSPS) is 21.7. The lowest BCUT2D eigenvalue weighted by Crippen LogP contribution is -2.38. The molecule has 0 saturated carbocycles. The predicted molar refractivity (Wildman–Crippen MR) is 99.6 cm³/mol. The van der Waals surface area contributed by atoms with Gasteiger partial charge >= 0.3 is 0 Å². The maximum absolute atomic E-state index is 12.5. The maximum atomic E-state index is 12.5. The van der Waals surface area contributed by atoms with Crippen LogP contribution in [0.15, 0.2) is 16.9 Å². The highest BCUT2D eigenvalue weighted by atomic mass is 16.1. The van der Waals surface area contributed by atoms with Crippen molar-refractivity contribution in [3.63, 3.8) is 0 Å². The lowest BCUT2D eigenvalue weighted by Gasteiger charge is -2.27. The van der Waals surface area contributed by atoms with Crippen molar-refractivity contribution in [3.8, 4) is 0 Å². The topological polar surface area (TPSA) is 63.9 Å². The molecule has 6 nitrogen and oxygen atoms in total. The summed E-state index contributed by atoms with van der Waals surface area (Å²) in [6.07, 6.45) is 9.96. The van der Waals surface area contributed by atoms with Gasteiger partial charge in [-0.25, -0.2) is 4.68 Å². The molecule has 2 aromatic heterocycles. The third-order valence-electron chi connectivity index (χ3n) is 6.14. The Hall–Kier alpha value is -2.24. The quantitative estimate of drug-likeness (QED) is 0.847. The van der Waals surface area contributed by atoms with Crippen LogP contribution in [0, 0.1) is 0 Å². The number of hydrogen-bond donors (Lipinski definition) is 0. The van der Waals surface area contributed by atoms with E-state index in [1.54, 1.807) is 10.7 Å². The van der Waals surface area contributed by atoms with Gasteiger partial charge in [0.2, 0.25) is 0 Å². The van der Waals surface area contributed by atoms with Crippen molar-refractivity contribution >= 4 is 5.82 Å². The number of rotatable bonds is 3. The minimum Gasteiger partial charge on any atom is -0.350 e. The Bertz CT molecular complexity index is 890. The van der Waals surface area contributed by atoms with Crippen molar-refractivity contribution in [1.29, 1.82) is 0 Å². The number of nitrogens with zero attached hydrogens (tertiary/aromatic N) is 5. The van der Waals surface area contributed by atoms with Gasteiger partial charge < -0.3 is 4.90 Å². The third-order valence-corrected chi connectivity index (χ3v) is 6.14. The molecule has 0 N–H and O–H groups in total. The molecule has 2 aliphatic carbocycles. The van der Waals surface area contributed by atoms with Crippen LogP contribution in [0.4, 0.5) is 5.82 Å². The first-order chi connectivity index (χ1) is 12.8. The first-order valence-electron chi connectivity index (χ1n) is 10.00. The average molecular weight is 351 g/mol. The molecule has 0 spiro atoms. The summed E-state index contributed by atoms with van der Waals surface area (Å²) in [7, 11) is 0. The fourth-order valence-corrected chi connectivity index (χ4v) is 4.72. The van der Waals surface area contributed by atoms with E-state index in [9.17, 15) is 4.79 Å². The zero-order valence-electron chi connectivity index (χ0n) is 15.2. The molecule has 0 bridgehead atoms. The van der Waals surface area contributed by atoms with Crippen molar-refractivity contribution in [2.24, 2.45) is 0 Å². The monoisotopic (exact) mass is 351 g/mol. The molecular weight excluding hydrogens is 326 g/mol. The second-order valence-electron chi connectivity index (χ2n) is 7.86. The molecule has 0 radical (unpaired) electrons. The lowest BCUT2D eigenvalue weighted by atomic mass is 9.97. The standard InChI is InChI=1S/C20H25N5O/c26-20-12-15-6-3-9-18(15)23-25(20)13-16-7-4-10-24(16)19-11-14-5-1-2-8-17(14)21-22-19/h11-12,16H,1-10,13H2. The molecule has 6 heteroatoms. The Morgan fingerprint density at radius 3 is 2.69 bits per heavy atom. The Kier molecular flexibility index (Phi) is 3.98. The van der Waals surface area contributed by atoms with Gasteiger partial charge in [0.1, 0.15) is 0 Å². The van der Waals surface area contributed by atoms with Crippen molar-refractivity contribution in [1.82, 2.24) is 20.0 Å². The Morgan fingerprint density at radius 1 is 0.923 bits per heavy atom. The minimum absolute atomic E-state index is 0.0361. The van der Waals surface area contributed by atoms with Crippen LogP contribution in [-0.4, -0.2) is 32.6 Å². The number of hydrogen-bond acceptors (Lipinski definition) is 5. The van der Waals surface area contributed by atoms with Crippen molar-refractivity contribution in [2.45, 2.75) is 70.4 Å². The van der Waals surface area contributed by atoms with E-state index in [2.05, 4.69) is 26.3 Å². The SMILES string of the molecule is O=c1cc2c(nn1CC1CCCN1c1cc3c(nn1)CCCC3)CCC2. The summed E-state index contributed by atoms with van der Waals surface area (Å²) >= 11 is 0. The van der Waals surface area contributed by atoms with Gasteiger partial charge in [0.05, 0.1) is 24.0 Å². The van der Waals surface area contributed by atoms with E-state index in [-0.39, 0.29) is 11.6 Å². The number of anilines is 1. The van der Waals surface area contributed by atoms with E-state index < -0.39 is 0 Å². The van der Waals surface area contributed by atoms with Gasteiger partial charge in [-0.1, -0.05) is 0 Å². The van der Waals surface area contributed by atoms with Crippen molar-refractivity contribution in [3.05, 3.63) is 45.0 Å². The first-order valence-corrected chi connectivity index (χ1v) is 10.00. The molecule has 1 atom stereocenters. The molecule has 1 saturated heterocycles. The molecular formula is C20H25N5O. The van der Waals surface area contributed by atoms with Gasteiger partial charge in [-0.3, -0.25) is 4.79 Å². The van der Waals surface area contributed by atoms with E-state index in [0.717, 1.165) is 68.6 Å². The molecule has 3 heterocycles. The van der Waals surface area contributed by atoms with Gasteiger partial charge in [-0.15, -0.1) is 5.10 Å². The Balaban J connectivity index is 1.40. The summed E-state index contributed by atoms with van der Waals surface area (Å²) in [5.41, 5.74) is 4.83. The molecule has 0 aromatic carbocycles. The van der Waals surface area contributed by atoms with E-state index in [1.807, 2.05) is 0 Å². The second-order valence-corrected chi connectivity index (χ2v) is 7.86. The maximum Gasteiger partial charge on any atom is 0.267 e. The molecule has 3 aliphatic rings. The van der Waals surface area contributed by atoms with Gasteiger partial charge in [0.25, 0.3) is 5.56 Å². The Morgan fingerprint density at radius 2 is 1.73 bits per heavy atom. The second kappa shape index (κ2) is 6.49. The summed E-state index contributed by atoms with van der Waals surface area (Å²) in [5, 5.41) is 13.7. The molecule has 1 aliphatic heterocycles. The highest BCUT2D eigenvalue weighted by Gasteiger charge is 2.28. The van der Waals surface area contributed by atoms with Crippen LogP contribution in [-0.2, 0) is 32.2 Å². The number of aryl methyl sites for hydroxylation is 4. The predicted octanol–water partition coefficient (Wildman–Crippen LogP) is 2.07. The average Bonchev–Trinajstić information content (AvgIpc) is 3.31. The van der Waals surface area contributed by atoms with Gasteiger partial charge in [-0.2, -0.15) is 10.2 Å². The molecule has 26 heavy (non-hydrogen) atoms. The lowest BCUT2D eigenvalue weighted by molar-refractivity contribution is 0.480. The summed E-state index contributed by atoms with van der Waals surface area (Å²) in [5.74, 6) is 0.974. The van der Waals surface area contributed by atoms with Crippen molar-refractivity contribution < 1.29 is 0 Å². The van der Waals surface area contributed by atoms with E-state index in [0.29, 0.717) is 6.54 Å². The zero-order valence-corrected chi connectivity index (χ0v) is 15.2. The van der Waals surface area contributed by atoms with Crippen LogP contribution >= 0.6 is 0 Å². The fraction of sp³-hybridized carbons (Fsp3) is 0.600. The number of aromatic nitrogens is 4. The van der Waals surface area contributed by atoms with E-state index in [4.69, 9.17) is 0 Å². The highest BCUT2D eigenvalue weighted by Crippen LogP contribution is 2.28. The van der Waals surface area contributed by atoms with Gasteiger partial charge in [0.15, 0.2) is 5.82 Å². The first kappa shape index (κ1) is 16.0. The summed E-state index contributed by atoms with van der Waals surface area (Å²) in [6.45, 7) is 1.63. The summed E-state index contributed by atoms with van der Waals surface area (Å²) in [4.78, 5) is 14.8. The summed E-state index contributed by atoms with van der Waals surface area (Å²) < 4.78 is 1.68. The number of fused-ring (bicyclic) bond motifs is 2. The van der Waals surface area contributed by atoms with Crippen molar-refractivity contribution in [2.75, 3.05) is 11.4 Å². The molecule has 136 valence electrons. The van der Waals surface area contributed by atoms with E-state index >= 15 is 0 Å². The Labute approximate surface area is 153 Å².